The topological polar surface area (TPSA) is 121 Å². The number of rotatable bonds is 5. The molecule has 2 aliphatic rings. The van der Waals surface area contributed by atoms with Gasteiger partial charge < -0.3 is 21.3 Å². The smallest absolute Gasteiger partial charge is 0.274 e. The molecule has 212 valence electrons. The zero-order valence-corrected chi connectivity index (χ0v) is 22.4. The van der Waals surface area contributed by atoms with Gasteiger partial charge in [0.15, 0.2) is 0 Å². The number of hydrogen-bond donors (Lipinski definition) is 4. The molecule has 0 radical (unpaired) electrons. The molecule has 0 unspecified atom stereocenters. The molecule has 10 heteroatoms. The summed E-state index contributed by atoms with van der Waals surface area (Å²) in [5, 5.41) is 24.2. The molecule has 0 aliphatic heterocycles. The van der Waals surface area contributed by atoms with Gasteiger partial charge in [-0.2, -0.15) is 0 Å². The largest absolute Gasteiger partial charge is 0.388 e. The molecule has 2 saturated carbocycles. The van der Waals surface area contributed by atoms with Crippen LogP contribution in [0.25, 0.3) is 11.3 Å². The third kappa shape index (κ3) is 5.11. The highest BCUT2D eigenvalue weighted by molar-refractivity contribution is 6.03. The second-order valence-electron chi connectivity index (χ2n) is 11.4. The minimum Gasteiger partial charge on any atom is -0.388 e. The van der Waals surface area contributed by atoms with E-state index in [2.05, 4.69) is 15.3 Å². The fourth-order valence-corrected chi connectivity index (χ4v) is 6.04. The normalized spacial score (nSPS) is 26.1. The van der Waals surface area contributed by atoms with Gasteiger partial charge in [0, 0.05) is 12.2 Å². The van der Waals surface area contributed by atoms with Gasteiger partial charge in [-0.3, -0.25) is 9.78 Å². The van der Waals surface area contributed by atoms with E-state index in [-0.39, 0.29) is 23.1 Å². The van der Waals surface area contributed by atoms with Crippen molar-refractivity contribution in [2.45, 2.75) is 75.5 Å². The van der Waals surface area contributed by atoms with Crippen LogP contribution in [-0.4, -0.2) is 37.7 Å². The molecule has 2 aliphatic carbocycles. The lowest BCUT2D eigenvalue weighted by Crippen LogP contribution is -2.54. The average Bonchev–Trinajstić information content (AvgIpc) is 3.36. The van der Waals surface area contributed by atoms with E-state index in [0.717, 1.165) is 42.7 Å². The standard InChI is InChI=1S/C30H33F3N4O3/c1-16-11-17(12-25(34)29(16,2)39)19-7-10-35-15-24(19)37-28(38)23-6-5-20(31)27(36-23)26-21(32)13-18(14-22(26)33)30(40)8-3-4-9-30/h5-7,10,13-17,25,39-40H,3-4,8-9,11-12,34H2,1-2H3,(H,37,38)/t16-,17+,25+,29+/m0/s1. The van der Waals surface area contributed by atoms with Crippen molar-refractivity contribution in [2.24, 2.45) is 11.7 Å². The lowest BCUT2D eigenvalue weighted by molar-refractivity contribution is -0.0463. The summed E-state index contributed by atoms with van der Waals surface area (Å²) in [5.74, 6) is -4.02. The Morgan fingerprint density at radius 2 is 1.73 bits per heavy atom. The Labute approximate surface area is 230 Å². The van der Waals surface area contributed by atoms with E-state index in [1.54, 1.807) is 19.2 Å². The molecule has 40 heavy (non-hydrogen) atoms. The van der Waals surface area contributed by atoms with Crippen LogP contribution >= 0.6 is 0 Å². The summed E-state index contributed by atoms with van der Waals surface area (Å²) >= 11 is 0. The Morgan fingerprint density at radius 3 is 2.38 bits per heavy atom. The van der Waals surface area contributed by atoms with Gasteiger partial charge in [-0.25, -0.2) is 18.2 Å². The summed E-state index contributed by atoms with van der Waals surface area (Å²) in [6.45, 7) is 3.65. The first kappa shape index (κ1) is 28.2. The molecule has 1 aromatic carbocycles. The number of benzene rings is 1. The summed E-state index contributed by atoms with van der Waals surface area (Å²) in [5.41, 5.74) is 3.59. The number of nitrogens with zero attached hydrogens (tertiary/aromatic N) is 2. The van der Waals surface area contributed by atoms with Crippen LogP contribution in [0.4, 0.5) is 18.9 Å². The Balaban J connectivity index is 1.43. The first-order valence-electron chi connectivity index (χ1n) is 13.5. The van der Waals surface area contributed by atoms with Gasteiger partial charge in [0.05, 0.1) is 28.6 Å². The van der Waals surface area contributed by atoms with Gasteiger partial charge in [-0.15, -0.1) is 0 Å². The lowest BCUT2D eigenvalue weighted by Gasteiger charge is -2.44. The first-order chi connectivity index (χ1) is 18.9. The number of aromatic nitrogens is 2. The van der Waals surface area contributed by atoms with Crippen molar-refractivity contribution in [1.29, 1.82) is 0 Å². The van der Waals surface area contributed by atoms with Crippen LogP contribution in [0.2, 0.25) is 0 Å². The molecule has 1 amide bonds. The van der Waals surface area contributed by atoms with Crippen molar-refractivity contribution in [3.63, 3.8) is 0 Å². The maximum atomic E-state index is 15.2. The number of carbonyl (C=O) groups is 1. The zero-order valence-electron chi connectivity index (χ0n) is 22.4. The summed E-state index contributed by atoms with van der Waals surface area (Å²) in [6.07, 6.45) is 6.44. The third-order valence-electron chi connectivity index (χ3n) is 8.79. The van der Waals surface area contributed by atoms with E-state index in [4.69, 9.17) is 5.73 Å². The van der Waals surface area contributed by atoms with Crippen LogP contribution in [-0.2, 0) is 5.60 Å². The summed E-state index contributed by atoms with van der Waals surface area (Å²) < 4.78 is 45.1. The Hall–Kier alpha value is -3.34. The Bertz CT molecular complexity index is 1400. The van der Waals surface area contributed by atoms with Crippen LogP contribution in [0.15, 0.2) is 42.7 Å². The fourth-order valence-electron chi connectivity index (χ4n) is 6.04. The number of carbonyl (C=O) groups excluding carboxylic acids is 1. The molecule has 0 bridgehead atoms. The van der Waals surface area contributed by atoms with Crippen molar-refractivity contribution in [3.05, 3.63) is 77.0 Å². The Morgan fingerprint density at radius 1 is 1.05 bits per heavy atom. The molecular weight excluding hydrogens is 521 g/mol. The van der Waals surface area contributed by atoms with E-state index in [1.807, 2.05) is 6.92 Å². The molecule has 0 saturated heterocycles. The van der Waals surface area contributed by atoms with Crippen LogP contribution in [0, 0.1) is 23.4 Å². The van der Waals surface area contributed by atoms with Gasteiger partial charge in [-0.05, 0) is 85.9 Å². The second-order valence-corrected chi connectivity index (χ2v) is 11.4. The van der Waals surface area contributed by atoms with Crippen LogP contribution in [0.5, 0.6) is 0 Å². The highest BCUT2D eigenvalue weighted by Crippen LogP contribution is 2.43. The number of halogens is 3. The number of anilines is 1. The van der Waals surface area contributed by atoms with Crippen LogP contribution < -0.4 is 11.1 Å². The quantitative estimate of drug-likeness (QED) is 0.346. The molecule has 7 nitrogen and oxygen atoms in total. The lowest BCUT2D eigenvalue weighted by atomic mass is 9.68. The first-order valence-corrected chi connectivity index (χ1v) is 13.5. The molecule has 3 aromatic rings. The SMILES string of the molecule is C[C@H]1C[C@@H](c2ccncc2NC(=O)c2ccc(F)c(-c3c(F)cc(C4(O)CCCC4)cc3F)n2)C[C@@H](N)[C@]1(C)O. The molecule has 0 spiro atoms. The summed E-state index contributed by atoms with van der Waals surface area (Å²) in [7, 11) is 0. The van der Waals surface area contributed by atoms with E-state index in [0.29, 0.717) is 31.4 Å². The molecule has 2 heterocycles. The summed E-state index contributed by atoms with van der Waals surface area (Å²) in [6, 6.07) is 5.38. The molecule has 5 N–H and O–H groups in total. The number of amides is 1. The van der Waals surface area contributed by atoms with Gasteiger partial charge in [-0.1, -0.05) is 19.8 Å². The van der Waals surface area contributed by atoms with Crippen molar-refractivity contribution < 1.29 is 28.2 Å². The number of nitrogens with one attached hydrogen (secondary N) is 1. The van der Waals surface area contributed by atoms with Gasteiger partial charge in [0.25, 0.3) is 5.91 Å². The van der Waals surface area contributed by atoms with Gasteiger partial charge in [0.1, 0.15) is 28.8 Å². The van der Waals surface area contributed by atoms with Gasteiger partial charge in [0.2, 0.25) is 0 Å². The van der Waals surface area contributed by atoms with E-state index in [1.165, 1.54) is 6.20 Å². The number of nitrogens with two attached hydrogens (primary N) is 1. The number of pyridine rings is 2. The second kappa shape index (κ2) is 10.6. The predicted molar refractivity (Wildman–Crippen MR) is 144 cm³/mol. The van der Waals surface area contributed by atoms with Crippen LogP contribution in [0.3, 0.4) is 0 Å². The molecule has 4 atom stereocenters. The maximum Gasteiger partial charge on any atom is 0.274 e. The maximum absolute atomic E-state index is 15.2. The zero-order chi connectivity index (χ0) is 28.8. The highest BCUT2D eigenvalue weighted by Gasteiger charge is 2.42. The van der Waals surface area contributed by atoms with Crippen molar-refractivity contribution in [1.82, 2.24) is 9.97 Å². The minimum atomic E-state index is -1.33. The van der Waals surface area contributed by atoms with Gasteiger partial charge >= 0.3 is 0 Å². The third-order valence-corrected chi connectivity index (χ3v) is 8.79. The van der Waals surface area contributed by atoms with Crippen LogP contribution in [0.1, 0.15) is 79.9 Å². The molecule has 2 fully saturated rings. The van der Waals surface area contributed by atoms with Crippen molar-refractivity contribution >= 4 is 11.6 Å². The minimum absolute atomic E-state index is 0.0587. The average molecular weight is 555 g/mol. The van der Waals surface area contributed by atoms with Crippen molar-refractivity contribution in [2.75, 3.05) is 5.32 Å². The fraction of sp³-hybridized carbons (Fsp3) is 0.433. The highest BCUT2D eigenvalue weighted by atomic mass is 19.1. The number of aliphatic hydroxyl groups is 2. The van der Waals surface area contributed by atoms with E-state index in [9.17, 15) is 19.4 Å². The van der Waals surface area contributed by atoms with E-state index >= 15 is 8.78 Å². The molecule has 2 aromatic heterocycles. The van der Waals surface area contributed by atoms with Crippen molar-refractivity contribution in [3.8, 4) is 11.3 Å². The molecule has 5 rings (SSSR count). The monoisotopic (exact) mass is 554 g/mol. The Kier molecular flexibility index (Phi) is 7.45. The molecular formula is C30H33F3N4O3. The number of hydrogen-bond acceptors (Lipinski definition) is 6. The van der Waals surface area contributed by atoms with E-state index < -0.39 is 51.9 Å². The predicted octanol–water partition coefficient (Wildman–Crippen LogP) is 5.17. The summed E-state index contributed by atoms with van der Waals surface area (Å²) in [4.78, 5) is 21.3.